The second-order valence-corrected chi connectivity index (χ2v) is 16.6. The van der Waals surface area contributed by atoms with Crippen molar-refractivity contribution in [1.29, 1.82) is 0 Å². The number of piperazine rings is 1. The van der Waals surface area contributed by atoms with E-state index in [1.807, 2.05) is 35.2 Å². The number of fused-ring (bicyclic) bond motifs is 1. The van der Waals surface area contributed by atoms with Crippen LogP contribution in [0.15, 0.2) is 82.2 Å². The SMILES string of the molecule is CN1C[C@H](Nc2cnn(C)c(=O)c2Br)C[C@H](c2ccc(C(=O)N3CCN(Cc4cccc(C(=O)Nc5cccc6c5C(=O)N(C5CCC(=O)NC5=O)C6=O)c4)CC3)cc2)C1. The molecule has 4 aliphatic rings. The number of likely N-dealkylation sites (tertiary alicyclic amines) is 1. The summed E-state index contributed by atoms with van der Waals surface area (Å²) in [5, 5.41) is 12.6. The molecule has 6 amide bonds. The summed E-state index contributed by atoms with van der Waals surface area (Å²) >= 11 is 3.41. The minimum atomic E-state index is -1.11. The van der Waals surface area contributed by atoms with Gasteiger partial charge in [-0.25, -0.2) is 4.68 Å². The number of nitrogens with one attached hydrogen (secondary N) is 3. The van der Waals surface area contributed by atoms with Gasteiger partial charge in [0.2, 0.25) is 11.8 Å². The van der Waals surface area contributed by atoms with Gasteiger partial charge in [0.15, 0.2) is 0 Å². The Hall–Kier alpha value is -6.04. The number of rotatable bonds is 9. The van der Waals surface area contributed by atoms with Gasteiger partial charge >= 0.3 is 0 Å². The molecule has 3 saturated heterocycles. The van der Waals surface area contributed by atoms with Crippen molar-refractivity contribution in [3.63, 3.8) is 0 Å². The van der Waals surface area contributed by atoms with Crippen molar-refractivity contribution in [2.24, 2.45) is 7.05 Å². The lowest BCUT2D eigenvalue weighted by Crippen LogP contribution is -2.54. The average Bonchev–Trinajstić information content (AvgIpc) is 3.50. The van der Waals surface area contributed by atoms with Crippen molar-refractivity contribution in [3.8, 4) is 0 Å². The number of halogens is 1. The van der Waals surface area contributed by atoms with Crippen LogP contribution in [0.1, 0.15) is 77.7 Å². The number of nitrogens with zero attached hydrogens (tertiary/aromatic N) is 6. The van der Waals surface area contributed by atoms with Gasteiger partial charge in [-0.3, -0.25) is 48.7 Å². The number of hydrogen-bond donors (Lipinski definition) is 3. The number of carbonyl (C=O) groups is 6. The second kappa shape index (κ2) is 16.9. The highest BCUT2D eigenvalue weighted by Gasteiger charge is 2.46. The van der Waals surface area contributed by atoms with E-state index in [0.29, 0.717) is 54.0 Å². The number of piperidine rings is 2. The first-order chi connectivity index (χ1) is 28.8. The number of imide groups is 2. The van der Waals surface area contributed by atoms with Gasteiger partial charge in [0.05, 0.1) is 28.7 Å². The van der Waals surface area contributed by atoms with Gasteiger partial charge in [-0.2, -0.15) is 5.10 Å². The molecule has 3 fully saturated rings. The monoisotopic (exact) mass is 877 g/mol. The van der Waals surface area contributed by atoms with Crippen LogP contribution in [0.3, 0.4) is 0 Å². The summed E-state index contributed by atoms with van der Waals surface area (Å²) < 4.78 is 1.75. The Labute approximate surface area is 354 Å². The van der Waals surface area contributed by atoms with Crippen molar-refractivity contribution >= 4 is 62.7 Å². The molecule has 8 rings (SSSR count). The third-order valence-corrected chi connectivity index (χ3v) is 12.4. The van der Waals surface area contributed by atoms with Crippen molar-refractivity contribution < 1.29 is 28.8 Å². The summed E-state index contributed by atoms with van der Waals surface area (Å²) in [6, 6.07) is 18.6. The summed E-state index contributed by atoms with van der Waals surface area (Å²) in [6.45, 7) is 4.66. The summed E-state index contributed by atoms with van der Waals surface area (Å²) in [6.07, 6.45) is 2.56. The largest absolute Gasteiger partial charge is 0.379 e. The Balaban J connectivity index is 0.846. The van der Waals surface area contributed by atoms with Crippen LogP contribution in [0.2, 0.25) is 0 Å². The van der Waals surface area contributed by atoms with E-state index < -0.39 is 35.6 Å². The topological polar surface area (TPSA) is 186 Å². The van der Waals surface area contributed by atoms with Crippen LogP contribution >= 0.6 is 15.9 Å². The summed E-state index contributed by atoms with van der Waals surface area (Å²) in [5.41, 5.74) is 3.75. The van der Waals surface area contributed by atoms with E-state index in [2.05, 4.69) is 53.8 Å². The molecule has 0 bridgehead atoms. The molecule has 5 heterocycles. The first kappa shape index (κ1) is 40.7. The van der Waals surface area contributed by atoms with Crippen LogP contribution in [0.4, 0.5) is 11.4 Å². The zero-order valence-corrected chi connectivity index (χ0v) is 34.7. The van der Waals surface area contributed by atoms with Crippen LogP contribution in [0, 0.1) is 0 Å². The smallest absolute Gasteiger partial charge is 0.282 e. The van der Waals surface area contributed by atoms with Crippen LogP contribution in [-0.4, -0.2) is 123 Å². The van der Waals surface area contributed by atoms with Gasteiger partial charge in [0, 0.05) is 76.5 Å². The van der Waals surface area contributed by atoms with Gasteiger partial charge in [-0.15, -0.1) is 0 Å². The third kappa shape index (κ3) is 8.24. The Kier molecular flexibility index (Phi) is 11.5. The highest BCUT2D eigenvalue weighted by Crippen LogP contribution is 2.33. The summed E-state index contributed by atoms with van der Waals surface area (Å²) in [4.78, 5) is 97.6. The average molecular weight is 879 g/mol. The first-order valence-electron chi connectivity index (χ1n) is 19.9. The molecular formula is C43H44BrN9O7. The number of anilines is 2. The number of carbonyl (C=O) groups excluding carboxylic acids is 6. The molecule has 3 N–H and O–H groups in total. The third-order valence-electron chi connectivity index (χ3n) is 11.7. The molecular weight excluding hydrogens is 834 g/mol. The fraction of sp³-hybridized carbons (Fsp3) is 0.349. The van der Waals surface area contributed by atoms with E-state index in [4.69, 9.17) is 0 Å². The predicted octanol–water partition coefficient (Wildman–Crippen LogP) is 3.05. The highest BCUT2D eigenvalue weighted by molar-refractivity contribution is 9.10. The first-order valence-corrected chi connectivity index (χ1v) is 20.7. The van der Waals surface area contributed by atoms with E-state index in [0.717, 1.165) is 35.5 Å². The molecule has 0 aliphatic carbocycles. The molecule has 0 spiro atoms. The minimum absolute atomic E-state index is 0.00462. The number of amides is 6. The summed E-state index contributed by atoms with van der Waals surface area (Å²) in [7, 11) is 3.69. The lowest BCUT2D eigenvalue weighted by molar-refractivity contribution is -0.136. The fourth-order valence-electron chi connectivity index (χ4n) is 8.57. The van der Waals surface area contributed by atoms with Gasteiger partial charge in [-0.05, 0) is 89.3 Å². The van der Waals surface area contributed by atoms with E-state index in [9.17, 15) is 33.6 Å². The Bertz CT molecular complexity index is 2470. The maximum absolute atomic E-state index is 13.6. The number of aryl methyl sites for hydroxylation is 1. The van der Waals surface area contributed by atoms with Crippen molar-refractivity contribution in [1.82, 2.24) is 34.7 Å². The lowest BCUT2D eigenvalue weighted by atomic mass is 9.87. The molecule has 310 valence electrons. The van der Waals surface area contributed by atoms with Crippen LogP contribution in [0.5, 0.6) is 0 Å². The molecule has 3 aromatic carbocycles. The quantitative estimate of drug-likeness (QED) is 0.210. The second-order valence-electron chi connectivity index (χ2n) is 15.8. The van der Waals surface area contributed by atoms with E-state index >= 15 is 0 Å². The van der Waals surface area contributed by atoms with E-state index in [1.54, 1.807) is 37.5 Å². The standard InChI is InChI=1S/C43H44BrN9O7/c1-49-23-29(20-30(24-49)46-33-21-45-50(2)43(60)37(33)44)26-9-11-27(12-10-26)40(57)52-17-15-51(16-18-52)22-25-5-3-6-28(19-25)38(55)47-32-8-4-7-31-36(32)42(59)53(41(31)58)34-13-14-35(54)48-39(34)56/h3-12,19,21,29-30,34,46H,13-18,20,22-24H2,1-2H3,(H,47,55)(H,48,54,56)/t29-,30+,34?/m0/s1. The van der Waals surface area contributed by atoms with Crippen molar-refractivity contribution in [3.05, 3.63) is 121 Å². The number of likely N-dealkylation sites (N-methyl/N-ethyl adjacent to an activating group) is 1. The van der Waals surface area contributed by atoms with Crippen LogP contribution in [0.25, 0.3) is 0 Å². The van der Waals surface area contributed by atoms with Crippen LogP contribution in [-0.2, 0) is 23.2 Å². The fourth-order valence-corrected chi connectivity index (χ4v) is 9.04. The zero-order valence-electron chi connectivity index (χ0n) is 33.2. The molecule has 1 unspecified atom stereocenters. The van der Waals surface area contributed by atoms with Gasteiger partial charge in [0.1, 0.15) is 10.5 Å². The van der Waals surface area contributed by atoms with Crippen molar-refractivity contribution in [2.75, 3.05) is 56.9 Å². The van der Waals surface area contributed by atoms with Gasteiger partial charge in [0.25, 0.3) is 29.2 Å². The predicted molar refractivity (Wildman–Crippen MR) is 225 cm³/mol. The maximum Gasteiger partial charge on any atom is 0.282 e. The van der Waals surface area contributed by atoms with E-state index in [-0.39, 0.29) is 53.1 Å². The maximum atomic E-state index is 13.6. The van der Waals surface area contributed by atoms with Gasteiger partial charge in [-0.1, -0.05) is 30.3 Å². The number of hydrogen-bond acceptors (Lipinski definition) is 11. The summed E-state index contributed by atoms with van der Waals surface area (Å²) in [5.74, 6) is -2.77. The lowest BCUT2D eigenvalue weighted by Gasteiger charge is -2.37. The molecule has 17 heteroatoms. The molecule has 3 atom stereocenters. The molecule has 0 radical (unpaired) electrons. The molecule has 0 saturated carbocycles. The number of aromatic nitrogens is 2. The zero-order chi connectivity index (χ0) is 42.2. The molecule has 16 nitrogen and oxygen atoms in total. The van der Waals surface area contributed by atoms with Crippen molar-refractivity contribution in [2.45, 2.75) is 43.8 Å². The molecule has 60 heavy (non-hydrogen) atoms. The Morgan fingerprint density at radius 2 is 1.62 bits per heavy atom. The van der Waals surface area contributed by atoms with Crippen LogP contribution < -0.4 is 21.5 Å². The normalized spacial score (nSPS) is 21.1. The molecule has 4 aromatic rings. The molecule has 1 aromatic heterocycles. The molecule has 4 aliphatic heterocycles. The number of benzene rings is 3. The van der Waals surface area contributed by atoms with Gasteiger partial charge < -0.3 is 20.4 Å². The highest BCUT2D eigenvalue weighted by atomic mass is 79.9. The minimum Gasteiger partial charge on any atom is -0.379 e. The Morgan fingerprint density at radius 3 is 2.37 bits per heavy atom. The Morgan fingerprint density at radius 1 is 0.867 bits per heavy atom. The van der Waals surface area contributed by atoms with E-state index in [1.165, 1.54) is 16.8 Å².